The lowest BCUT2D eigenvalue weighted by Crippen LogP contribution is -2.21. The highest BCUT2D eigenvalue weighted by molar-refractivity contribution is 9.10. The van der Waals surface area contributed by atoms with Crippen LogP contribution in [0.2, 0.25) is 5.02 Å². The maximum atomic E-state index is 14.1. The molecule has 5 heteroatoms. The normalized spacial score (nSPS) is 12.5. The van der Waals surface area contributed by atoms with Gasteiger partial charge >= 0.3 is 0 Å². The van der Waals surface area contributed by atoms with Crippen molar-refractivity contribution in [1.82, 2.24) is 5.32 Å². The van der Waals surface area contributed by atoms with Crippen LogP contribution in [-0.2, 0) is 6.42 Å². The smallest absolute Gasteiger partial charge is 0.132 e. The maximum absolute atomic E-state index is 14.1. The molecule has 0 heterocycles. The van der Waals surface area contributed by atoms with Crippen molar-refractivity contribution in [2.45, 2.75) is 19.4 Å². The SMILES string of the molecule is CNC(Cc1ccc(C)cc1Cl)c1c(F)cc(Br)cc1F. The predicted molar refractivity (Wildman–Crippen MR) is 85.8 cm³/mol. The molecule has 0 aliphatic rings. The van der Waals surface area contributed by atoms with E-state index in [1.165, 1.54) is 12.1 Å². The molecule has 1 unspecified atom stereocenters. The Bertz CT molecular complexity index is 638. The van der Waals surface area contributed by atoms with E-state index in [1.807, 2.05) is 25.1 Å². The molecule has 0 saturated heterocycles. The van der Waals surface area contributed by atoms with Gasteiger partial charge in [0, 0.05) is 21.1 Å². The van der Waals surface area contributed by atoms with E-state index >= 15 is 0 Å². The molecule has 2 aromatic rings. The Morgan fingerprint density at radius 2 is 1.81 bits per heavy atom. The van der Waals surface area contributed by atoms with Crippen LogP contribution in [0.1, 0.15) is 22.7 Å². The number of likely N-dealkylation sites (N-methyl/N-ethyl adjacent to an activating group) is 1. The molecule has 1 N–H and O–H groups in total. The zero-order chi connectivity index (χ0) is 15.6. The summed E-state index contributed by atoms with van der Waals surface area (Å²) in [5.41, 5.74) is 1.92. The number of rotatable bonds is 4. The Balaban J connectivity index is 2.37. The number of halogens is 4. The van der Waals surface area contributed by atoms with Crippen molar-refractivity contribution in [2.75, 3.05) is 7.05 Å². The van der Waals surface area contributed by atoms with Gasteiger partial charge in [-0.15, -0.1) is 0 Å². The number of hydrogen-bond donors (Lipinski definition) is 1. The first-order valence-corrected chi connectivity index (χ1v) is 7.66. The van der Waals surface area contributed by atoms with Gasteiger partial charge in [0.15, 0.2) is 0 Å². The van der Waals surface area contributed by atoms with Crippen LogP contribution in [0, 0.1) is 18.6 Å². The van der Waals surface area contributed by atoms with Crippen molar-refractivity contribution in [3.05, 3.63) is 68.2 Å². The summed E-state index contributed by atoms with van der Waals surface area (Å²) in [6, 6.07) is 7.70. The van der Waals surface area contributed by atoms with Gasteiger partial charge in [-0.3, -0.25) is 0 Å². The molecule has 1 atom stereocenters. The third-order valence-electron chi connectivity index (χ3n) is 3.37. The quantitative estimate of drug-likeness (QED) is 0.776. The van der Waals surface area contributed by atoms with Gasteiger partial charge < -0.3 is 5.32 Å². The van der Waals surface area contributed by atoms with Crippen LogP contribution in [0.5, 0.6) is 0 Å². The summed E-state index contributed by atoms with van der Waals surface area (Å²) in [5.74, 6) is -1.16. The summed E-state index contributed by atoms with van der Waals surface area (Å²) < 4.78 is 28.5. The van der Waals surface area contributed by atoms with Crippen molar-refractivity contribution in [2.24, 2.45) is 0 Å². The van der Waals surface area contributed by atoms with Crippen LogP contribution in [0.3, 0.4) is 0 Å². The highest BCUT2D eigenvalue weighted by Crippen LogP contribution is 2.29. The predicted octanol–water partition coefficient (Wildman–Crippen LogP) is 5.19. The van der Waals surface area contributed by atoms with Gasteiger partial charge in [0.2, 0.25) is 0 Å². The van der Waals surface area contributed by atoms with E-state index in [2.05, 4.69) is 21.2 Å². The fraction of sp³-hybridized carbons (Fsp3) is 0.250. The first-order chi connectivity index (χ1) is 9.92. The van der Waals surface area contributed by atoms with Crippen molar-refractivity contribution in [3.8, 4) is 0 Å². The lowest BCUT2D eigenvalue weighted by atomic mass is 9.97. The second-order valence-corrected chi connectivity index (χ2v) is 6.25. The fourth-order valence-corrected chi connectivity index (χ4v) is 2.99. The highest BCUT2D eigenvalue weighted by atomic mass is 79.9. The van der Waals surface area contributed by atoms with Crippen molar-refractivity contribution in [1.29, 1.82) is 0 Å². The van der Waals surface area contributed by atoms with Crippen LogP contribution >= 0.6 is 27.5 Å². The zero-order valence-corrected chi connectivity index (χ0v) is 14.0. The summed E-state index contributed by atoms with van der Waals surface area (Å²) in [5, 5.41) is 3.56. The maximum Gasteiger partial charge on any atom is 0.132 e. The molecule has 0 saturated carbocycles. The molecule has 0 bridgehead atoms. The Labute approximate surface area is 136 Å². The average Bonchev–Trinajstić information content (AvgIpc) is 2.39. The third kappa shape index (κ3) is 3.82. The highest BCUT2D eigenvalue weighted by Gasteiger charge is 2.21. The number of hydrogen-bond acceptors (Lipinski definition) is 1. The molecule has 0 aliphatic heterocycles. The van der Waals surface area contributed by atoms with Crippen LogP contribution in [0.4, 0.5) is 8.78 Å². The number of aryl methyl sites for hydroxylation is 1. The summed E-state index contributed by atoms with van der Waals surface area (Å²) in [6.07, 6.45) is 0.408. The molecule has 21 heavy (non-hydrogen) atoms. The molecule has 0 fully saturated rings. The molecule has 2 aromatic carbocycles. The lowest BCUT2D eigenvalue weighted by molar-refractivity contribution is 0.488. The van der Waals surface area contributed by atoms with E-state index in [0.29, 0.717) is 15.9 Å². The van der Waals surface area contributed by atoms with E-state index in [9.17, 15) is 8.78 Å². The average molecular weight is 375 g/mol. The summed E-state index contributed by atoms with van der Waals surface area (Å²) in [7, 11) is 1.67. The Morgan fingerprint density at radius 1 is 1.19 bits per heavy atom. The standard InChI is InChI=1S/C16H15BrClF2N/c1-9-3-4-10(12(18)5-9)6-15(21-2)16-13(19)7-11(17)8-14(16)20/h3-5,7-8,15,21H,6H2,1-2H3. The Kier molecular flexibility index (Phi) is 5.36. The summed E-state index contributed by atoms with van der Waals surface area (Å²) in [6.45, 7) is 1.94. The lowest BCUT2D eigenvalue weighted by Gasteiger charge is -2.19. The Hall–Kier alpha value is -0.970. The third-order valence-corrected chi connectivity index (χ3v) is 4.18. The molecular formula is C16H15BrClF2N. The molecule has 0 radical (unpaired) electrons. The van der Waals surface area contributed by atoms with Gasteiger partial charge in [0.25, 0.3) is 0 Å². The van der Waals surface area contributed by atoms with Crippen molar-refractivity contribution >= 4 is 27.5 Å². The minimum atomic E-state index is -0.579. The van der Waals surface area contributed by atoms with Crippen LogP contribution < -0.4 is 5.32 Å². The molecule has 0 aromatic heterocycles. The molecule has 0 aliphatic carbocycles. The molecule has 1 nitrogen and oxygen atoms in total. The van der Waals surface area contributed by atoms with Gasteiger partial charge in [-0.1, -0.05) is 39.7 Å². The first-order valence-electron chi connectivity index (χ1n) is 6.49. The fourth-order valence-electron chi connectivity index (χ4n) is 2.27. The number of nitrogens with one attached hydrogen (secondary N) is 1. The topological polar surface area (TPSA) is 12.0 Å². The largest absolute Gasteiger partial charge is 0.313 e. The van der Waals surface area contributed by atoms with Crippen LogP contribution in [0.25, 0.3) is 0 Å². The summed E-state index contributed by atoms with van der Waals surface area (Å²) in [4.78, 5) is 0. The van der Waals surface area contributed by atoms with Gasteiger partial charge in [0.05, 0.1) is 0 Å². The van der Waals surface area contributed by atoms with Gasteiger partial charge in [-0.2, -0.15) is 0 Å². The Morgan fingerprint density at radius 3 is 2.33 bits per heavy atom. The van der Waals surface area contributed by atoms with E-state index in [0.717, 1.165) is 11.1 Å². The zero-order valence-electron chi connectivity index (χ0n) is 11.7. The molecule has 2 rings (SSSR count). The van der Waals surface area contributed by atoms with E-state index in [1.54, 1.807) is 7.05 Å². The van der Waals surface area contributed by atoms with Crippen molar-refractivity contribution in [3.63, 3.8) is 0 Å². The van der Waals surface area contributed by atoms with Gasteiger partial charge in [-0.25, -0.2) is 8.78 Å². The van der Waals surface area contributed by atoms with Gasteiger partial charge in [0.1, 0.15) is 11.6 Å². The van der Waals surface area contributed by atoms with E-state index < -0.39 is 17.7 Å². The molecule has 112 valence electrons. The minimum absolute atomic E-state index is 0.0253. The number of benzene rings is 2. The van der Waals surface area contributed by atoms with E-state index in [-0.39, 0.29) is 5.56 Å². The van der Waals surface area contributed by atoms with Crippen LogP contribution in [-0.4, -0.2) is 7.05 Å². The second kappa shape index (κ2) is 6.86. The van der Waals surface area contributed by atoms with Crippen LogP contribution in [0.15, 0.2) is 34.8 Å². The summed E-state index contributed by atoms with van der Waals surface area (Å²) >= 11 is 9.28. The molecular weight excluding hydrogens is 360 g/mol. The minimum Gasteiger partial charge on any atom is -0.313 e. The van der Waals surface area contributed by atoms with E-state index in [4.69, 9.17) is 11.6 Å². The monoisotopic (exact) mass is 373 g/mol. The van der Waals surface area contributed by atoms with Crippen molar-refractivity contribution < 1.29 is 8.78 Å². The molecule has 0 amide bonds. The van der Waals surface area contributed by atoms with Gasteiger partial charge in [-0.05, 0) is 49.7 Å². The first kappa shape index (κ1) is 16.4. The molecule has 0 spiro atoms. The second-order valence-electron chi connectivity index (χ2n) is 4.92.